The summed E-state index contributed by atoms with van der Waals surface area (Å²) in [6.45, 7) is 4.02. The summed E-state index contributed by atoms with van der Waals surface area (Å²) in [6.07, 6.45) is 0.505. The highest BCUT2D eigenvalue weighted by atomic mass is 32.2. The van der Waals surface area contributed by atoms with E-state index in [4.69, 9.17) is 5.73 Å². The molecule has 0 aliphatic carbocycles. The van der Waals surface area contributed by atoms with Crippen LogP contribution >= 0.6 is 23.1 Å². The molecule has 2 heterocycles. The van der Waals surface area contributed by atoms with Gasteiger partial charge in [-0.05, 0) is 37.6 Å². The number of hydrogen-bond donors (Lipinski definition) is 2. The Bertz CT molecular complexity index is 1200. The van der Waals surface area contributed by atoms with Crippen molar-refractivity contribution in [3.8, 4) is 5.69 Å². The molecule has 0 unspecified atom stereocenters. The fourth-order valence-electron chi connectivity index (χ4n) is 3.18. The van der Waals surface area contributed by atoms with Gasteiger partial charge in [-0.1, -0.05) is 47.7 Å². The third kappa shape index (κ3) is 5.12. The third-order valence-electron chi connectivity index (χ3n) is 4.61. The number of thiazole rings is 1. The lowest BCUT2D eigenvalue weighted by atomic mass is 10.1. The van der Waals surface area contributed by atoms with Gasteiger partial charge in [0, 0.05) is 16.8 Å². The molecule has 0 spiro atoms. The minimum Gasteiger partial charge on any atom is -0.375 e. The number of nitrogen functional groups attached to an aromatic ring is 1. The number of benzene rings is 2. The second-order valence-electron chi connectivity index (χ2n) is 7.08. The second-order valence-corrected chi connectivity index (χ2v) is 8.91. The van der Waals surface area contributed by atoms with Gasteiger partial charge in [-0.15, -0.1) is 21.5 Å². The first kappa shape index (κ1) is 21.1. The molecule has 2 aromatic carbocycles. The van der Waals surface area contributed by atoms with Crippen LogP contribution in [0.25, 0.3) is 5.69 Å². The van der Waals surface area contributed by atoms with Crippen LogP contribution in [-0.2, 0) is 11.2 Å². The first-order valence-electron chi connectivity index (χ1n) is 9.69. The number of rotatable bonds is 7. The Hall–Kier alpha value is -3.17. The van der Waals surface area contributed by atoms with E-state index in [0.29, 0.717) is 16.7 Å². The monoisotopic (exact) mass is 450 g/mol. The standard InChI is InChI=1S/C22H22N6OS2/c1-14-8-9-18(15(2)10-14)25-20(29)13-31-22-27-26-19(11-16-12-30-21(23)24-16)28(22)17-6-4-3-5-7-17/h3-10,12H,11,13H2,1-2H3,(H2,23,24)(H,25,29). The molecule has 0 aliphatic heterocycles. The lowest BCUT2D eigenvalue weighted by Crippen LogP contribution is -2.15. The van der Waals surface area contributed by atoms with E-state index in [-0.39, 0.29) is 11.7 Å². The van der Waals surface area contributed by atoms with E-state index < -0.39 is 0 Å². The molecule has 158 valence electrons. The SMILES string of the molecule is Cc1ccc(NC(=O)CSc2nnc(Cc3csc(N)n3)n2-c2ccccc2)c(C)c1. The number of carbonyl (C=O) groups is 1. The van der Waals surface area contributed by atoms with Crippen LogP contribution < -0.4 is 11.1 Å². The van der Waals surface area contributed by atoms with Gasteiger partial charge in [-0.25, -0.2) is 4.98 Å². The molecule has 0 fully saturated rings. The van der Waals surface area contributed by atoms with Gasteiger partial charge >= 0.3 is 0 Å². The number of aromatic nitrogens is 4. The van der Waals surface area contributed by atoms with Gasteiger partial charge in [0.25, 0.3) is 0 Å². The van der Waals surface area contributed by atoms with Crippen LogP contribution in [-0.4, -0.2) is 31.4 Å². The fraction of sp³-hybridized carbons (Fsp3) is 0.182. The normalized spacial score (nSPS) is 10.9. The van der Waals surface area contributed by atoms with Gasteiger partial charge in [0.1, 0.15) is 5.82 Å². The molecule has 0 bridgehead atoms. The molecular weight excluding hydrogens is 428 g/mol. The topological polar surface area (TPSA) is 98.7 Å². The van der Waals surface area contributed by atoms with E-state index in [9.17, 15) is 4.79 Å². The van der Waals surface area contributed by atoms with Crippen LogP contribution in [0.5, 0.6) is 0 Å². The Labute approximate surface area is 188 Å². The number of nitrogens with two attached hydrogens (primary N) is 1. The molecule has 0 atom stereocenters. The van der Waals surface area contributed by atoms with Crippen molar-refractivity contribution in [2.45, 2.75) is 25.4 Å². The van der Waals surface area contributed by atoms with E-state index >= 15 is 0 Å². The van der Waals surface area contributed by atoms with Gasteiger partial charge in [0.05, 0.1) is 17.9 Å². The smallest absolute Gasteiger partial charge is 0.234 e. The highest BCUT2D eigenvalue weighted by Crippen LogP contribution is 2.25. The number of thioether (sulfide) groups is 1. The van der Waals surface area contributed by atoms with Crippen molar-refractivity contribution in [2.75, 3.05) is 16.8 Å². The average molecular weight is 451 g/mol. The fourth-order valence-corrected chi connectivity index (χ4v) is 4.51. The number of hydrogen-bond acceptors (Lipinski definition) is 7. The summed E-state index contributed by atoms with van der Waals surface area (Å²) in [4.78, 5) is 16.9. The summed E-state index contributed by atoms with van der Waals surface area (Å²) in [7, 11) is 0. The molecule has 0 radical (unpaired) electrons. The van der Waals surface area contributed by atoms with E-state index in [1.165, 1.54) is 23.1 Å². The summed E-state index contributed by atoms with van der Waals surface area (Å²) in [5, 5.41) is 14.8. The second kappa shape index (κ2) is 9.32. The van der Waals surface area contributed by atoms with Crippen molar-refractivity contribution < 1.29 is 4.79 Å². The molecule has 0 saturated carbocycles. The van der Waals surface area contributed by atoms with Crippen molar-refractivity contribution >= 4 is 39.8 Å². The van der Waals surface area contributed by atoms with E-state index in [1.807, 2.05) is 72.3 Å². The Morgan fingerprint density at radius 2 is 1.97 bits per heavy atom. The van der Waals surface area contributed by atoms with Gasteiger partial charge in [0.15, 0.2) is 10.3 Å². The van der Waals surface area contributed by atoms with Gasteiger partial charge in [0.2, 0.25) is 5.91 Å². The molecule has 4 aromatic rings. The Kier molecular flexibility index (Phi) is 6.34. The number of amides is 1. The molecule has 3 N–H and O–H groups in total. The maximum Gasteiger partial charge on any atom is 0.234 e. The third-order valence-corrected chi connectivity index (χ3v) is 6.26. The first-order valence-corrected chi connectivity index (χ1v) is 11.6. The minimum absolute atomic E-state index is 0.0895. The zero-order valence-corrected chi connectivity index (χ0v) is 18.8. The lowest BCUT2D eigenvalue weighted by Gasteiger charge is -2.11. The summed E-state index contributed by atoms with van der Waals surface area (Å²) >= 11 is 2.75. The Balaban J connectivity index is 1.53. The maximum atomic E-state index is 12.6. The molecule has 1 amide bonds. The van der Waals surface area contributed by atoms with Crippen molar-refractivity contribution in [3.63, 3.8) is 0 Å². The maximum absolute atomic E-state index is 12.6. The van der Waals surface area contributed by atoms with Crippen molar-refractivity contribution in [2.24, 2.45) is 0 Å². The van der Waals surface area contributed by atoms with Crippen LogP contribution in [0.1, 0.15) is 22.6 Å². The van der Waals surface area contributed by atoms with Gasteiger partial charge < -0.3 is 11.1 Å². The summed E-state index contributed by atoms with van der Waals surface area (Å²) in [5.74, 6) is 0.879. The summed E-state index contributed by atoms with van der Waals surface area (Å²) < 4.78 is 1.96. The van der Waals surface area contributed by atoms with E-state index in [2.05, 4.69) is 20.5 Å². The number of anilines is 2. The molecular formula is C22H22N6OS2. The van der Waals surface area contributed by atoms with Gasteiger partial charge in [-0.3, -0.25) is 9.36 Å². The summed E-state index contributed by atoms with van der Waals surface area (Å²) in [6, 6.07) is 15.8. The van der Waals surface area contributed by atoms with Crippen LogP contribution in [0, 0.1) is 13.8 Å². The van der Waals surface area contributed by atoms with Crippen molar-refractivity contribution in [1.29, 1.82) is 0 Å². The molecule has 4 rings (SSSR count). The molecule has 9 heteroatoms. The predicted octanol–water partition coefficient (Wildman–Crippen LogP) is 4.24. The molecule has 7 nitrogen and oxygen atoms in total. The molecule has 0 saturated heterocycles. The van der Waals surface area contributed by atoms with Crippen molar-refractivity contribution in [3.05, 3.63) is 76.6 Å². The van der Waals surface area contributed by atoms with Crippen LogP contribution in [0.4, 0.5) is 10.8 Å². The number of nitrogens with zero attached hydrogens (tertiary/aromatic N) is 4. The predicted molar refractivity (Wildman–Crippen MR) is 126 cm³/mol. The number of aryl methyl sites for hydroxylation is 2. The largest absolute Gasteiger partial charge is 0.375 e. The van der Waals surface area contributed by atoms with Gasteiger partial charge in [-0.2, -0.15) is 0 Å². The van der Waals surface area contributed by atoms with Crippen LogP contribution in [0.15, 0.2) is 59.1 Å². The number of para-hydroxylation sites is 1. The summed E-state index contributed by atoms with van der Waals surface area (Å²) in [5.41, 5.74) is 10.6. The number of carbonyl (C=O) groups excluding carboxylic acids is 1. The van der Waals surface area contributed by atoms with E-state index in [1.54, 1.807) is 0 Å². The number of nitrogens with one attached hydrogen (secondary N) is 1. The van der Waals surface area contributed by atoms with Crippen molar-refractivity contribution in [1.82, 2.24) is 19.7 Å². The van der Waals surface area contributed by atoms with Crippen LogP contribution in [0.3, 0.4) is 0 Å². The molecule has 2 aromatic heterocycles. The van der Waals surface area contributed by atoms with E-state index in [0.717, 1.165) is 34.0 Å². The molecule has 31 heavy (non-hydrogen) atoms. The zero-order chi connectivity index (χ0) is 21.8. The highest BCUT2D eigenvalue weighted by Gasteiger charge is 2.17. The lowest BCUT2D eigenvalue weighted by molar-refractivity contribution is -0.113. The minimum atomic E-state index is -0.0895. The first-order chi connectivity index (χ1) is 15.0. The average Bonchev–Trinajstić information content (AvgIpc) is 3.35. The quantitative estimate of drug-likeness (QED) is 0.409. The highest BCUT2D eigenvalue weighted by molar-refractivity contribution is 7.99. The van der Waals surface area contributed by atoms with Crippen LogP contribution in [0.2, 0.25) is 0 Å². The Morgan fingerprint density at radius 1 is 1.16 bits per heavy atom. The Morgan fingerprint density at radius 3 is 2.68 bits per heavy atom. The zero-order valence-electron chi connectivity index (χ0n) is 17.2. The molecule has 0 aliphatic rings.